The van der Waals surface area contributed by atoms with Gasteiger partial charge >= 0.3 is 0 Å². The molecule has 1 heterocycles. The molecule has 1 aliphatic heterocycles. The Kier molecular flexibility index (Phi) is 10.0. The minimum atomic E-state index is -0.749. The molecule has 2 fully saturated rings. The minimum absolute atomic E-state index is 0.199. The Morgan fingerprint density at radius 3 is 2.39 bits per heavy atom. The summed E-state index contributed by atoms with van der Waals surface area (Å²) in [7, 11) is 5.40. The number of nitrogens with zero attached hydrogens (tertiary/aromatic N) is 3. The highest BCUT2D eigenvalue weighted by molar-refractivity contribution is 5.95. The molecule has 198 valence electrons. The fraction of sp³-hybridized carbons (Fsp3) is 0.643. The number of ketones is 1. The second kappa shape index (κ2) is 13.0. The molecule has 3 rings (SSSR count). The van der Waals surface area contributed by atoms with Crippen LogP contribution >= 0.6 is 0 Å². The van der Waals surface area contributed by atoms with Crippen LogP contribution in [0.15, 0.2) is 18.2 Å². The van der Waals surface area contributed by atoms with E-state index in [4.69, 9.17) is 0 Å². The summed E-state index contributed by atoms with van der Waals surface area (Å²) in [5.41, 5.74) is 2.77. The van der Waals surface area contributed by atoms with Gasteiger partial charge in [-0.05, 0) is 75.2 Å². The number of carbonyl (C=O) groups is 4. The van der Waals surface area contributed by atoms with Gasteiger partial charge in [0.25, 0.3) is 0 Å². The average Bonchev–Trinajstić information content (AvgIpc) is 2.85. The lowest BCUT2D eigenvalue weighted by Crippen LogP contribution is -2.49. The van der Waals surface area contributed by atoms with E-state index in [-0.39, 0.29) is 24.7 Å². The Balaban J connectivity index is 1.70. The molecule has 0 bridgehead atoms. The Bertz CT molecular complexity index is 920. The monoisotopic (exact) mass is 498 g/mol. The summed E-state index contributed by atoms with van der Waals surface area (Å²) in [4.78, 5) is 53.7. The first-order valence-electron chi connectivity index (χ1n) is 13.3. The summed E-state index contributed by atoms with van der Waals surface area (Å²) in [5, 5.41) is 2.62. The smallest absolute Gasteiger partial charge is 0.242 e. The maximum atomic E-state index is 12.5. The molecule has 0 aromatic heterocycles. The highest BCUT2D eigenvalue weighted by Gasteiger charge is 2.38. The van der Waals surface area contributed by atoms with Crippen LogP contribution in [0.2, 0.25) is 0 Å². The number of likely N-dealkylation sites (N-methyl/N-ethyl adjacent to an activating group) is 1. The Morgan fingerprint density at radius 1 is 1.14 bits per heavy atom. The first kappa shape index (κ1) is 27.8. The highest BCUT2D eigenvalue weighted by atomic mass is 16.2. The number of hydrogen-bond donors (Lipinski definition) is 1. The van der Waals surface area contributed by atoms with E-state index in [1.165, 1.54) is 17.5 Å². The Morgan fingerprint density at radius 2 is 1.83 bits per heavy atom. The van der Waals surface area contributed by atoms with Crippen LogP contribution < -0.4 is 15.1 Å². The molecule has 1 N–H and O–H groups in total. The second-order valence-corrected chi connectivity index (χ2v) is 10.4. The number of piperidine rings is 1. The quantitative estimate of drug-likeness (QED) is 0.420. The van der Waals surface area contributed by atoms with Crippen molar-refractivity contribution in [1.82, 2.24) is 10.2 Å². The number of anilines is 2. The zero-order valence-electron chi connectivity index (χ0n) is 22.2. The standard InChI is InChI=1S/C28H42N4O4/c1-5-7-27(35)22-16-23(17-22)31-13-11-20(12-14-31)21-9-10-24(26(18-21)30(3)4)32(19-34)25(8-6-15-33)28(36)29-2/h9-10,15,18-20,22-23,25H,5-8,11-14,16-17H2,1-4H3,(H,29,36). The lowest BCUT2D eigenvalue weighted by molar-refractivity contribution is -0.128. The molecule has 1 atom stereocenters. The van der Waals surface area contributed by atoms with E-state index in [1.807, 2.05) is 25.1 Å². The zero-order chi connectivity index (χ0) is 26.2. The molecular weight excluding hydrogens is 456 g/mol. The maximum Gasteiger partial charge on any atom is 0.242 e. The second-order valence-electron chi connectivity index (χ2n) is 10.4. The lowest BCUT2D eigenvalue weighted by Gasteiger charge is -2.45. The van der Waals surface area contributed by atoms with Crippen molar-refractivity contribution in [2.45, 2.75) is 76.3 Å². The van der Waals surface area contributed by atoms with Crippen LogP contribution in [-0.2, 0) is 19.2 Å². The van der Waals surface area contributed by atoms with Crippen LogP contribution in [0.1, 0.15) is 69.8 Å². The molecule has 1 saturated heterocycles. The number of benzene rings is 1. The fourth-order valence-electron chi connectivity index (χ4n) is 5.66. The maximum absolute atomic E-state index is 12.5. The van der Waals surface area contributed by atoms with Crippen molar-refractivity contribution in [2.24, 2.45) is 5.92 Å². The number of Topliss-reactive ketones (excluding diaryl/α,β-unsaturated/α-hetero) is 1. The van der Waals surface area contributed by atoms with Crippen LogP contribution in [0.4, 0.5) is 11.4 Å². The third-order valence-corrected chi connectivity index (χ3v) is 7.90. The molecule has 36 heavy (non-hydrogen) atoms. The average molecular weight is 499 g/mol. The van der Waals surface area contributed by atoms with Crippen molar-refractivity contribution >= 4 is 35.8 Å². The normalized spacial score (nSPS) is 21.2. The van der Waals surface area contributed by atoms with Gasteiger partial charge in [-0.3, -0.25) is 14.4 Å². The molecule has 1 aromatic rings. The van der Waals surface area contributed by atoms with Gasteiger partial charge in [-0.15, -0.1) is 0 Å². The largest absolute Gasteiger partial charge is 0.376 e. The number of nitrogens with one attached hydrogen (secondary N) is 1. The van der Waals surface area contributed by atoms with Gasteiger partial charge in [-0.25, -0.2) is 0 Å². The molecule has 1 aromatic carbocycles. The van der Waals surface area contributed by atoms with Gasteiger partial charge in [-0.1, -0.05) is 13.0 Å². The third kappa shape index (κ3) is 6.33. The molecule has 1 saturated carbocycles. The van der Waals surface area contributed by atoms with Gasteiger partial charge < -0.3 is 24.8 Å². The van der Waals surface area contributed by atoms with E-state index in [1.54, 1.807) is 0 Å². The van der Waals surface area contributed by atoms with Crippen molar-refractivity contribution in [1.29, 1.82) is 0 Å². The van der Waals surface area contributed by atoms with E-state index < -0.39 is 6.04 Å². The summed E-state index contributed by atoms with van der Waals surface area (Å²) < 4.78 is 0. The number of likely N-dealkylation sites (tertiary alicyclic amines) is 1. The van der Waals surface area contributed by atoms with Gasteiger partial charge in [-0.2, -0.15) is 0 Å². The summed E-state index contributed by atoms with van der Waals surface area (Å²) in [5.74, 6) is 0.851. The number of rotatable bonds is 13. The van der Waals surface area contributed by atoms with Crippen LogP contribution in [0.5, 0.6) is 0 Å². The Labute approximate surface area is 215 Å². The predicted molar refractivity (Wildman–Crippen MR) is 142 cm³/mol. The van der Waals surface area contributed by atoms with E-state index in [0.29, 0.717) is 36.3 Å². The number of hydrogen-bond acceptors (Lipinski definition) is 6. The topological polar surface area (TPSA) is 90.0 Å². The third-order valence-electron chi connectivity index (χ3n) is 7.90. The molecule has 2 amide bonds. The zero-order valence-corrected chi connectivity index (χ0v) is 22.2. The molecule has 0 radical (unpaired) electrons. The van der Waals surface area contributed by atoms with Crippen LogP contribution in [-0.4, -0.2) is 75.6 Å². The van der Waals surface area contributed by atoms with E-state index in [0.717, 1.165) is 57.2 Å². The SMILES string of the molecule is CCCC(=O)C1CC(N2CCC(c3ccc(N(C=O)C(CCC=O)C(=O)NC)c(N(C)C)c3)CC2)C1. The fourth-order valence-corrected chi connectivity index (χ4v) is 5.66. The van der Waals surface area contributed by atoms with E-state index in [9.17, 15) is 19.2 Å². The highest BCUT2D eigenvalue weighted by Crippen LogP contribution is 2.39. The molecule has 8 nitrogen and oxygen atoms in total. The summed E-state index contributed by atoms with van der Waals surface area (Å²) >= 11 is 0. The van der Waals surface area contributed by atoms with Gasteiger partial charge in [0, 0.05) is 45.9 Å². The van der Waals surface area contributed by atoms with Crippen molar-refractivity contribution in [3.8, 4) is 0 Å². The predicted octanol–water partition coefficient (Wildman–Crippen LogP) is 3.14. The summed E-state index contributed by atoms with van der Waals surface area (Å²) in [6.07, 6.45) is 7.73. The number of carbonyl (C=O) groups excluding carboxylic acids is 4. The summed E-state index contributed by atoms with van der Waals surface area (Å²) in [6, 6.07) is 5.93. The van der Waals surface area contributed by atoms with Crippen molar-refractivity contribution in [2.75, 3.05) is 44.0 Å². The van der Waals surface area contributed by atoms with Gasteiger partial charge in [0.2, 0.25) is 12.3 Å². The van der Waals surface area contributed by atoms with Crippen molar-refractivity contribution in [3.05, 3.63) is 23.8 Å². The van der Waals surface area contributed by atoms with Crippen molar-refractivity contribution in [3.63, 3.8) is 0 Å². The van der Waals surface area contributed by atoms with Gasteiger partial charge in [0.1, 0.15) is 18.1 Å². The lowest BCUT2D eigenvalue weighted by atomic mass is 9.74. The van der Waals surface area contributed by atoms with E-state index in [2.05, 4.69) is 29.3 Å². The molecule has 2 aliphatic rings. The Hall–Kier alpha value is -2.74. The number of aldehydes is 1. The molecule has 1 aliphatic carbocycles. The van der Waals surface area contributed by atoms with E-state index >= 15 is 0 Å². The minimum Gasteiger partial charge on any atom is -0.376 e. The first-order valence-corrected chi connectivity index (χ1v) is 13.3. The van der Waals surface area contributed by atoms with Crippen molar-refractivity contribution < 1.29 is 19.2 Å². The number of amides is 2. The molecule has 8 heteroatoms. The van der Waals surface area contributed by atoms with Gasteiger partial charge in [0.15, 0.2) is 0 Å². The molecule has 0 spiro atoms. The van der Waals surface area contributed by atoms with Crippen LogP contribution in [0.3, 0.4) is 0 Å². The molecular formula is C28H42N4O4. The van der Waals surface area contributed by atoms with Gasteiger partial charge in [0.05, 0.1) is 11.4 Å². The summed E-state index contributed by atoms with van der Waals surface area (Å²) in [6.45, 7) is 4.14. The van der Waals surface area contributed by atoms with Crippen LogP contribution in [0.25, 0.3) is 0 Å². The molecule has 1 unspecified atom stereocenters. The van der Waals surface area contributed by atoms with Crippen LogP contribution in [0, 0.1) is 5.92 Å². The first-order chi connectivity index (χ1) is 17.3.